The van der Waals surface area contributed by atoms with Gasteiger partial charge in [0.05, 0.1) is 10.0 Å². The summed E-state index contributed by atoms with van der Waals surface area (Å²) in [6.07, 6.45) is 0. The molecule has 2 rings (SSSR count). The molecule has 0 radical (unpaired) electrons. The molecule has 0 unspecified atom stereocenters. The number of aryl methyl sites for hydroxylation is 1. The quantitative estimate of drug-likeness (QED) is 0.458. The third kappa shape index (κ3) is 3.60. The zero-order chi connectivity index (χ0) is 15.6. The first-order valence-corrected chi connectivity index (χ1v) is 6.57. The van der Waals surface area contributed by atoms with Crippen LogP contribution in [0.3, 0.4) is 0 Å². The number of amides is 1. The molecule has 21 heavy (non-hydrogen) atoms. The van der Waals surface area contributed by atoms with E-state index in [1.807, 2.05) is 0 Å². The van der Waals surface area contributed by atoms with Crippen molar-refractivity contribution >= 4 is 40.6 Å². The van der Waals surface area contributed by atoms with Crippen molar-refractivity contribution in [3.05, 3.63) is 51.4 Å². The van der Waals surface area contributed by atoms with Gasteiger partial charge in [-0.25, -0.2) is 15.2 Å². The molecule has 0 aliphatic rings. The predicted molar refractivity (Wildman–Crippen MR) is 81.2 cm³/mol. The predicted octanol–water partition coefficient (Wildman–Crippen LogP) is 3.37. The van der Waals surface area contributed by atoms with Crippen molar-refractivity contribution in [2.24, 2.45) is 5.84 Å². The first-order chi connectivity index (χ1) is 9.90. The lowest BCUT2D eigenvalue weighted by molar-refractivity contribution is 0.102. The molecule has 1 aromatic heterocycles. The fourth-order valence-electron chi connectivity index (χ4n) is 1.70. The Morgan fingerprint density at radius 1 is 1.24 bits per heavy atom. The number of rotatable bonds is 3. The Bertz CT molecular complexity index is 686. The summed E-state index contributed by atoms with van der Waals surface area (Å²) in [4.78, 5) is 16.2. The second-order valence-corrected chi connectivity index (χ2v) is 5.05. The van der Waals surface area contributed by atoms with Gasteiger partial charge in [0.15, 0.2) is 5.82 Å². The summed E-state index contributed by atoms with van der Waals surface area (Å²) in [6, 6.07) is 5.62. The molecule has 110 valence electrons. The second kappa shape index (κ2) is 6.26. The maximum absolute atomic E-state index is 13.3. The minimum absolute atomic E-state index is 0.173. The van der Waals surface area contributed by atoms with E-state index in [0.717, 1.165) is 0 Å². The van der Waals surface area contributed by atoms with Gasteiger partial charge < -0.3 is 10.7 Å². The molecular formula is C13H11Cl2FN4O. The van der Waals surface area contributed by atoms with Crippen LogP contribution in [0.25, 0.3) is 0 Å². The van der Waals surface area contributed by atoms with E-state index in [9.17, 15) is 9.18 Å². The summed E-state index contributed by atoms with van der Waals surface area (Å²) in [5.41, 5.74) is 3.61. The fraction of sp³-hybridized carbons (Fsp3) is 0.0769. The van der Waals surface area contributed by atoms with E-state index in [2.05, 4.69) is 15.7 Å². The molecule has 0 saturated heterocycles. The number of halogens is 3. The number of nitrogens with two attached hydrogens (primary N) is 1. The average molecular weight is 329 g/mol. The van der Waals surface area contributed by atoms with Gasteiger partial charge in [0.2, 0.25) is 0 Å². The van der Waals surface area contributed by atoms with Crippen molar-refractivity contribution in [3.8, 4) is 0 Å². The Kier molecular flexibility index (Phi) is 4.62. The highest BCUT2D eigenvalue weighted by molar-refractivity contribution is 6.35. The number of nitrogens with zero attached hydrogens (tertiary/aromatic N) is 1. The highest BCUT2D eigenvalue weighted by atomic mass is 35.5. The lowest BCUT2D eigenvalue weighted by Gasteiger charge is -2.09. The summed E-state index contributed by atoms with van der Waals surface area (Å²) in [6.45, 7) is 1.73. The molecule has 5 nitrogen and oxygen atoms in total. The van der Waals surface area contributed by atoms with E-state index in [0.29, 0.717) is 17.1 Å². The number of hydrogen-bond donors (Lipinski definition) is 3. The van der Waals surface area contributed by atoms with Gasteiger partial charge in [-0.1, -0.05) is 23.2 Å². The maximum atomic E-state index is 13.3. The van der Waals surface area contributed by atoms with Crippen LogP contribution in [0.15, 0.2) is 24.3 Å². The minimum Gasteiger partial charge on any atom is -0.322 e. The zero-order valence-electron chi connectivity index (χ0n) is 10.9. The molecule has 0 saturated carbocycles. The lowest BCUT2D eigenvalue weighted by atomic mass is 10.2. The van der Waals surface area contributed by atoms with Gasteiger partial charge >= 0.3 is 0 Å². The third-order valence-corrected chi connectivity index (χ3v) is 3.16. The van der Waals surface area contributed by atoms with Gasteiger partial charge in [-0.2, -0.15) is 0 Å². The fourth-order valence-corrected chi connectivity index (χ4v) is 2.19. The van der Waals surface area contributed by atoms with Crippen molar-refractivity contribution < 1.29 is 9.18 Å². The van der Waals surface area contributed by atoms with Gasteiger partial charge in [-0.3, -0.25) is 4.79 Å². The number of benzene rings is 1. The largest absolute Gasteiger partial charge is 0.322 e. The monoisotopic (exact) mass is 328 g/mol. The van der Waals surface area contributed by atoms with Crippen molar-refractivity contribution in [2.75, 3.05) is 10.7 Å². The maximum Gasteiger partial charge on any atom is 0.255 e. The lowest BCUT2D eigenvalue weighted by Crippen LogP contribution is -2.15. The Balaban J connectivity index is 2.28. The molecule has 0 fully saturated rings. The van der Waals surface area contributed by atoms with Crippen molar-refractivity contribution in [3.63, 3.8) is 0 Å². The van der Waals surface area contributed by atoms with Gasteiger partial charge in [0.1, 0.15) is 5.82 Å². The first-order valence-electron chi connectivity index (χ1n) is 5.82. The topological polar surface area (TPSA) is 80.0 Å². The number of nitrogen functional groups attached to an aromatic ring is 1. The normalized spacial score (nSPS) is 10.3. The van der Waals surface area contributed by atoms with E-state index in [4.69, 9.17) is 29.0 Å². The Morgan fingerprint density at radius 2 is 1.86 bits per heavy atom. The average Bonchev–Trinajstić information content (AvgIpc) is 2.43. The summed E-state index contributed by atoms with van der Waals surface area (Å²) in [5.74, 6) is 4.48. The number of pyridine rings is 1. The molecule has 0 aliphatic carbocycles. The first kappa shape index (κ1) is 15.5. The molecular weight excluding hydrogens is 318 g/mol. The number of anilines is 2. The standard InChI is InChI=1S/C13H11Cl2FN4O/c1-6-2-7(3-11(18-6)20-17)13(21)19-8-4-9(14)12(16)10(15)5-8/h2-5H,17H2,1H3,(H,18,20)(H,19,21). The van der Waals surface area contributed by atoms with E-state index in [-0.39, 0.29) is 15.7 Å². The van der Waals surface area contributed by atoms with Crippen LogP contribution in [0, 0.1) is 12.7 Å². The molecule has 1 heterocycles. The van der Waals surface area contributed by atoms with E-state index < -0.39 is 11.7 Å². The van der Waals surface area contributed by atoms with E-state index in [1.54, 1.807) is 13.0 Å². The van der Waals surface area contributed by atoms with Crippen LogP contribution in [-0.2, 0) is 0 Å². The summed E-state index contributed by atoms with van der Waals surface area (Å²) in [5, 5.41) is 2.23. The molecule has 1 amide bonds. The SMILES string of the molecule is Cc1cc(C(=O)Nc2cc(Cl)c(F)c(Cl)c2)cc(NN)n1. The molecule has 8 heteroatoms. The minimum atomic E-state index is -0.731. The van der Waals surface area contributed by atoms with Crippen LogP contribution < -0.4 is 16.6 Å². The number of carbonyl (C=O) groups is 1. The number of aromatic nitrogens is 1. The number of hydrazine groups is 1. The highest BCUT2D eigenvalue weighted by Gasteiger charge is 2.12. The molecule has 4 N–H and O–H groups in total. The molecule has 0 spiro atoms. The molecule has 0 bridgehead atoms. The van der Waals surface area contributed by atoms with Gasteiger partial charge in [0, 0.05) is 16.9 Å². The zero-order valence-corrected chi connectivity index (χ0v) is 12.4. The smallest absolute Gasteiger partial charge is 0.255 e. The van der Waals surface area contributed by atoms with E-state index >= 15 is 0 Å². The van der Waals surface area contributed by atoms with Crippen LogP contribution in [0.5, 0.6) is 0 Å². The van der Waals surface area contributed by atoms with Gasteiger partial charge in [0.25, 0.3) is 5.91 Å². The molecule has 0 aliphatic heterocycles. The van der Waals surface area contributed by atoms with Crippen LogP contribution in [-0.4, -0.2) is 10.9 Å². The molecule has 1 aromatic carbocycles. The second-order valence-electron chi connectivity index (χ2n) is 4.23. The Hall–Kier alpha value is -1.89. The van der Waals surface area contributed by atoms with Crippen LogP contribution in [0.2, 0.25) is 10.0 Å². The van der Waals surface area contributed by atoms with Crippen LogP contribution >= 0.6 is 23.2 Å². The van der Waals surface area contributed by atoms with Crippen LogP contribution in [0.1, 0.15) is 16.1 Å². The summed E-state index contributed by atoms with van der Waals surface area (Å²) < 4.78 is 13.3. The molecule has 0 atom stereocenters. The molecule has 2 aromatic rings. The van der Waals surface area contributed by atoms with Gasteiger partial charge in [-0.05, 0) is 31.2 Å². The highest BCUT2D eigenvalue weighted by Crippen LogP contribution is 2.27. The Morgan fingerprint density at radius 3 is 2.43 bits per heavy atom. The summed E-state index contributed by atoms with van der Waals surface area (Å²) >= 11 is 11.3. The van der Waals surface area contributed by atoms with Crippen LogP contribution in [0.4, 0.5) is 15.9 Å². The third-order valence-electron chi connectivity index (χ3n) is 2.61. The van der Waals surface area contributed by atoms with Crippen molar-refractivity contribution in [1.29, 1.82) is 0 Å². The number of carbonyl (C=O) groups excluding carboxylic acids is 1. The van der Waals surface area contributed by atoms with Crippen molar-refractivity contribution in [2.45, 2.75) is 6.92 Å². The number of nitrogens with one attached hydrogen (secondary N) is 2. The summed E-state index contributed by atoms with van der Waals surface area (Å²) in [7, 11) is 0. The van der Waals surface area contributed by atoms with Gasteiger partial charge in [-0.15, -0.1) is 0 Å². The van der Waals surface area contributed by atoms with Crippen molar-refractivity contribution in [1.82, 2.24) is 4.98 Å². The number of hydrogen-bond acceptors (Lipinski definition) is 4. The van der Waals surface area contributed by atoms with E-state index in [1.165, 1.54) is 18.2 Å². The Labute approximate surface area is 130 Å².